The Hall–Kier alpha value is -2.16. The van der Waals surface area contributed by atoms with Crippen molar-refractivity contribution in [1.29, 1.82) is 0 Å². The molecule has 0 fully saturated rings. The highest BCUT2D eigenvalue weighted by atomic mass is 35.5. The van der Waals surface area contributed by atoms with Crippen molar-refractivity contribution in [3.05, 3.63) is 40.0 Å². The molecule has 184 valence electrons. The zero-order valence-electron chi connectivity index (χ0n) is 17.4. The second-order valence-electron chi connectivity index (χ2n) is 7.05. The Balaban J connectivity index is 2.99. The predicted octanol–water partition coefficient (Wildman–Crippen LogP) is 6.27. The van der Waals surface area contributed by atoms with E-state index in [-0.39, 0.29) is 35.8 Å². The zero-order chi connectivity index (χ0) is 25.6. The van der Waals surface area contributed by atoms with Crippen molar-refractivity contribution in [2.45, 2.75) is 11.4 Å². The van der Waals surface area contributed by atoms with Gasteiger partial charge in [0, 0.05) is 20.4 Å². The van der Waals surface area contributed by atoms with Gasteiger partial charge in [0.25, 0.3) is 0 Å². The zero-order valence-corrected chi connectivity index (χ0v) is 20.5. The average molecular weight is 554 g/mol. The van der Waals surface area contributed by atoms with Crippen molar-refractivity contribution in [1.82, 2.24) is 14.7 Å². The molecule has 0 saturated heterocycles. The molecule has 2 rings (SSSR count). The summed E-state index contributed by atoms with van der Waals surface area (Å²) in [4.78, 5) is 6.53. The lowest BCUT2D eigenvalue weighted by Gasteiger charge is -2.40. The number of aromatic nitrogens is 2. The highest BCUT2D eigenvalue weighted by Gasteiger charge is 2.65. The van der Waals surface area contributed by atoms with Crippen LogP contribution in [0.5, 0.6) is 0 Å². The normalized spacial score (nSPS) is 14.7. The van der Waals surface area contributed by atoms with Gasteiger partial charge in [-0.1, -0.05) is 49.2 Å². The topological polar surface area (TPSA) is 79.9 Å². The van der Waals surface area contributed by atoms with Gasteiger partial charge < -0.3 is 4.90 Å². The van der Waals surface area contributed by atoms with E-state index in [1.54, 1.807) is 14.1 Å². The Morgan fingerprint density at radius 3 is 2.12 bits per heavy atom. The third-order valence-corrected chi connectivity index (χ3v) is 6.78. The molecule has 0 aliphatic heterocycles. The second kappa shape index (κ2) is 7.96. The Morgan fingerprint density at radius 1 is 1.21 bits per heavy atom. The highest BCUT2D eigenvalue weighted by Crippen LogP contribution is 3.02. The molecule has 0 unspecified atom stereocenters. The van der Waals surface area contributed by atoms with Crippen molar-refractivity contribution in [2.24, 2.45) is 9.98 Å². The average Bonchev–Trinajstić information content (AvgIpc) is 2.93. The Kier molecular flexibility index (Phi) is 6.53. The summed E-state index contributed by atoms with van der Waals surface area (Å²) in [5, 5.41) is 2.47. The molecular weight excluding hydrogens is 536 g/mol. The van der Waals surface area contributed by atoms with Gasteiger partial charge in [0.1, 0.15) is 10.6 Å². The van der Waals surface area contributed by atoms with E-state index in [4.69, 9.17) is 23.2 Å². The lowest BCUT2D eigenvalue weighted by Crippen LogP contribution is -2.09. The van der Waals surface area contributed by atoms with Gasteiger partial charge in [0.05, 0.1) is 39.1 Å². The first-order valence-corrected chi connectivity index (χ1v) is 13.1. The van der Waals surface area contributed by atoms with Crippen molar-refractivity contribution in [3.63, 3.8) is 0 Å². The summed E-state index contributed by atoms with van der Waals surface area (Å²) in [7, 11) is -10.8. The fraction of sp³-hybridized carbons (Fsp3) is 0.235. The SMILES string of the molecule is C=NCc1nn(-c2c(Cl)cc(S(F)(F)(F)(F)F)cc2Cl)c(/N=C/N(C)C)c1C(=C)S(C)(=O)=O. The Morgan fingerprint density at radius 2 is 1.73 bits per heavy atom. The van der Waals surface area contributed by atoms with Gasteiger partial charge in [-0.05, 0) is 18.9 Å². The molecule has 0 bridgehead atoms. The molecule has 0 saturated carbocycles. The third kappa shape index (κ3) is 6.05. The highest BCUT2D eigenvalue weighted by molar-refractivity contribution is 8.45. The fourth-order valence-corrected chi connectivity index (χ4v) is 4.59. The monoisotopic (exact) mass is 553 g/mol. The van der Waals surface area contributed by atoms with Crippen LogP contribution in [0.2, 0.25) is 10.0 Å². The summed E-state index contributed by atoms with van der Waals surface area (Å²) in [5.74, 6) is -0.235. The third-order valence-electron chi connectivity index (χ3n) is 3.98. The number of halogens is 7. The molecule has 0 aliphatic carbocycles. The van der Waals surface area contributed by atoms with Gasteiger partial charge >= 0.3 is 10.2 Å². The molecule has 0 radical (unpaired) electrons. The van der Waals surface area contributed by atoms with Crippen molar-refractivity contribution in [2.75, 3.05) is 20.4 Å². The van der Waals surface area contributed by atoms with E-state index in [1.807, 2.05) is 0 Å². The van der Waals surface area contributed by atoms with Crippen LogP contribution in [0, 0.1) is 0 Å². The molecule has 0 spiro atoms. The standard InChI is InChI=1S/C17H18Cl2F5N5O2S2/c1-10(32(5,30)31)15-14(8-25-2)27-29(17(15)26-9-28(3)4)16-12(18)6-11(7-13(16)19)33(20,21,22,23)24/h6-7,9H,1-2,8H2,3-5H3/b26-9+. The van der Waals surface area contributed by atoms with Gasteiger partial charge in [-0.25, -0.2) is 18.1 Å². The molecule has 7 nitrogen and oxygen atoms in total. The number of aliphatic imine (C=N–C) groups is 2. The summed E-state index contributed by atoms with van der Waals surface area (Å²) in [6.07, 6.45) is 2.11. The molecule has 1 aromatic carbocycles. The largest absolute Gasteiger partial charge is 0.369 e. The van der Waals surface area contributed by atoms with E-state index in [2.05, 4.69) is 28.4 Å². The molecule has 0 atom stereocenters. The minimum absolute atomic E-state index is 0.0158. The molecule has 16 heteroatoms. The quantitative estimate of drug-likeness (QED) is 0.219. The summed E-state index contributed by atoms with van der Waals surface area (Å²) < 4.78 is 91.6. The first-order chi connectivity index (χ1) is 14.7. The lowest BCUT2D eigenvalue weighted by molar-refractivity contribution is 0.364. The van der Waals surface area contributed by atoms with E-state index in [0.717, 1.165) is 10.9 Å². The second-order valence-corrected chi connectivity index (χ2v) is 12.3. The van der Waals surface area contributed by atoms with Crippen LogP contribution in [0.25, 0.3) is 10.6 Å². The van der Waals surface area contributed by atoms with Crippen LogP contribution in [0.3, 0.4) is 0 Å². The molecule has 2 aromatic rings. The summed E-state index contributed by atoms with van der Waals surface area (Å²) in [6.45, 7) is 6.62. The molecule has 33 heavy (non-hydrogen) atoms. The molecule has 0 amide bonds. The molecular formula is C17H18Cl2F5N5O2S2. The van der Waals surface area contributed by atoms with Crippen LogP contribution < -0.4 is 0 Å². The maximum Gasteiger partial charge on any atom is 0.310 e. The number of rotatable bonds is 8. The van der Waals surface area contributed by atoms with Crippen molar-refractivity contribution < 1.29 is 27.8 Å². The maximum atomic E-state index is 13.3. The number of hydrogen-bond donors (Lipinski definition) is 0. The van der Waals surface area contributed by atoms with Crippen LogP contribution >= 0.6 is 33.4 Å². The minimum atomic E-state index is -10.1. The number of nitrogens with zero attached hydrogens (tertiary/aromatic N) is 5. The number of sulfone groups is 1. The smallest absolute Gasteiger partial charge is 0.310 e. The Bertz CT molecular complexity index is 1270. The Labute approximate surface area is 196 Å². The van der Waals surface area contributed by atoms with E-state index < -0.39 is 45.6 Å². The van der Waals surface area contributed by atoms with Crippen molar-refractivity contribution in [3.8, 4) is 5.69 Å². The summed E-state index contributed by atoms with van der Waals surface area (Å²) in [5.41, 5.74) is -0.574. The van der Waals surface area contributed by atoms with Gasteiger partial charge in [-0.15, -0.1) is 0 Å². The van der Waals surface area contributed by atoms with Crippen LogP contribution in [-0.2, 0) is 16.4 Å². The number of benzene rings is 1. The van der Waals surface area contributed by atoms with Crippen LogP contribution in [0.15, 0.2) is 33.6 Å². The molecule has 0 aliphatic rings. The van der Waals surface area contributed by atoms with Crippen LogP contribution in [0.1, 0.15) is 11.3 Å². The molecule has 1 aromatic heterocycles. The predicted molar refractivity (Wildman–Crippen MR) is 124 cm³/mol. The van der Waals surface area contributed by atoms with E-state index in [0.29, 0.717) is 0 Å². The fourth-order valence-electron chi connectivity index (χ4n) is 2.55. The molecule has 0 N–H and O–H groups in total. The van der Waals surface area contributed by atoms with E-state index in [1.165, 1.54) is 11.2 Å². The van der Waals surface area contributed by atoms with Gasteiger partial charge in [-0.2, -0.15) is 5.10 Å². The first kappa shape index (κ1) is 27.1. The van der Waals surface area contributed by atoms with Crippen LogP contribution in [-0.4, -0.2) is 56.5 Å². The summed E-state index contributed by atoms with van der Waals surface area (Å²) >= 11 is 11.9. The first-order valence-electron chi connectivity index (χ1n) is 8.55. The van der Waals surface area contributed by atoms with Gasteiger partial charge in [0.15, 0.2) is 15.7 Å². The molecule has 1 heterocycles. The van der Waals surface area contributed by atoms with E-state index in [9.17, 15) is 27.8 Å². The van der Waals surface area contributed by atoms with Crippen molar-refractivity contribution >= 4 is 67.0 Å². The lowest BCUT2D eigenvalue weighted by atomic mass is 10.2. The van der Waals surface area contributed by atoms with Gasteiger partial charge in [0.2, 0.25) is 0 Å². The summed E-state index contributed by atoms with van der Waals surface area (Å²) in [6, 6.07) is 0.0316. The number of hydrogen-bond acceptors (Lipinski definition) is 5. The maximum absolute atomic E-state index is 13.3. The van der Waals surface area contributed by atoms with Gasteiger partial charge in [-0.3, -0.25) is 4.99 Å². The van der Waals surface area contributed by atoms with Crippen LogP contribution in [0.4, 0.5) is 25.2 Å². The van der Waals surface area contributed by atoms with E-state index >= 15 is 0 Å². The minimum Gasteiger partial charge on any atom is -0.369 e.